The standard InChI is InChI=1S/C11H11BrF2O2/c1-7-8(9(15)5-6-12)3-2-4-10(7)16-11(13)14/h2-4,11H,5-6H2,1H3. The molecule has 0 saturated heterocycles. The van der Waals surface area contributed by atoms with Gasteiger partial charge in [0, 0.05) is 22.9 Å². The van der Waals surface area contributed by atoms with Gasteiger partial charge in [0.1, 0.15) is 5.75 Å². The molecule has 0 bridgehead atoms. The van der Waals surface area contributed by atoms with Crippen LogP contribution in [0, 0.1) is 6.92 Å². The lowest BCUT2D eigenvalue weighted by molar-refractivity contribution is -0.0503. The van der Waals surface area contributed by atoms with E-state index in [0.717, 1.165) is 0 Å². The lowest BCUT2D eigenvalue weighted by Crippen LogP contribution is -2.07. The molecule has 0 amide bonds. The minimum atomic E-state index is -2.87. The van der Waals surface area contributed by atoms with E-state index < -0.39 is 6.61 Å². The van der Waals surface area contributed by atoms with Gasteiger partial charge < -0.3 is 4.74 Å². The molecule has 1 rings (SSSR count). The maximum Gasteiger partial charge on any atom is 0.387 e. The number of ether oxygens (including phenoxy) is 1. The Morgan fingerprint density at radius 1 is 1.50 bits per heavy atom. The summed E-state index contributed by atoms with van der Waals surface area (Å²) in [6, 6.07) is 4.57. The van der Waals surface area contributed by atoms with Gasteiger partial charge in [0.15, 0.2) is 5.78 Å². The lowest BCUT2D eigenvalue weighted by atomic mass is 10.0. The zero-order valence-corrected chi connectivity index (χ0v) is 10.3. The van der Waals surface area contributed by atoms with Gasteiger partial charge in [-0.1, -0.05) is 28.1 Å². The van der Waals surface area contributed by atoms with Crippen molar-refractivity contribution < 1.29 is 18.3 Å². The first-order valence-corrected chi connectivity index (χ1v) is 5.82. The molecule has 5 heteroatoms. The largest absolute Gasteiger partial charge is 0.435 e. The van der Waals surface area contributed by atoms with Crippen molar-refractivity contribution in [1.82, 2.24) is 0 Å². The molecule has 88 valence electrons. The molecule has 0 spiro atoms. The molecule has 0 aliphatic carbocycles. The number of alkyl halides is 3. The van der Waals surface area contributed by atoms with Crippen molar-refractivity contribution >= 4 is 21.7 Å². The minimum absolute atomic E-state index is 0.0513. The van der Waals surface area contributed by atoms with E-state index in [2.05, 4.69) is 20.7 Å². The first kappa shape index (κ1) is 13.1. The minimum Gasteiger partial charge on any atom is -0.435 e. The van der Waals surface area contributed by atoms with Crippen molar-refractivity contribution in [2.75, 3.05) is 5.33 Å². The van der Waals surface area contributed by atoms with Crippen molar-refractivity contribution in [3.8, 4) is 5.75 Å². The Balaban J connectivity index is 2.99. The third-order valence-electron chi connectivity index (χ3n) is 2.12. The van der Waals surface area contributed by atoms with Crippen molar-refractivity contribution in [3.63, 3.8) is 0 Å². The normalized spacial score (nSPS) is 10.6. The number of carbonyl (C=O) groups is 1. The average Bonchev–Trinajstić information content (AvgIpc) is 2.21. The Morgan fingerprint density at radius 3 is 2.75 bits per heavy atom. The van der Waals surface area contributed by atoms with E-state index in [1.807, 2.05) is 0 Å². The molecule has 0 saturated carbocycles. The Bertz CT molecular complexity index is 380. The molecule has 0 unspecified atom stereocenters. The van der Waals surface area contributed by atoms with Crippen LogP contribution >= 0.6 is 15.9 Å². The van der Waals surface area contributed by atoms with E-state index in [1.165, 1.54) is 12.1 Å². The summed E-state index contributed by atoms with van der Waals surface area (Å²) in [5, 5.41) is 0.547. The van der Waals surface area contributed by atoms with E-state index in [4.69, 9.17) is 0 Å². The molecule has 0 heterocycles. The quantitative estimate of drug-likeness (QED) is 0.613. The number of carbonyl (C=O) groups excluding carboxylic acids is 1. The number of hydrogen-bond acceptors (Lipinski definition) is 2. The fourth-order valence-corrected chi connectivity index (χ4v) is 1.72. The van der Waals surface area contributed by atoms with E-state index >= 15 is 0 Å². The first-order valence-electron chi connectivity index (χ1n) is 4.70. The van der Waals surface area contributed by atoms with Crippen LogP contribution in [-0.4, -0.2) is 17.7 Å². The molecule has 0 atom stereocenters. The first-order chi connectivity index (χ1) is 7.56. The monoisotopic (exact) mass is 292 g/mol. The van der Waals surface area contributed by atoms with Gasteiger partial charge in [0.05, 0.1) is 0 Å². The maximum absolute atomic E-state index is 12.1. The van der Waals surface area contributed by atoms with Crippen molar-refractivity contribution in [3.05, 3.63) is 29.3 Å². The fraction of sp³-hybridized carbons (Fsp3) is 0.364. The highest BCUT2D eigenvalue weighted by Crippen LogP contribution is 2.24. The number of rotatable bonds is 5. The lowest BCUT2D eigenvalue weighted by Gasteiger charge is -2.10. The van der Waals surface area contributed by atoms with Crippen LogP contribution < -0.4 is 4.74 Å². The summed E-state index contributed by atoms with van der Waals surface area (Å²) < 4.78 is 28.5. The van der Waals surface area contributed by atoms with Gasteiger partial charge >= 0.3 is 6.61 Å². The van der Waals surface area contributed by atoms with Crippen LogP contribution in [0.1, 0.15) is 22.3 Å². The van der Waals surface area contributed by atoms with Crippen LogP contribution in [0.2, 0.25) is 0 Å². The molecular formula is C11H11BrF2O2. The molecule has 16 heavy (non-hydrogen) atoms. The van der Waals surface area contributed by atoms with Gasteiger partial charge in [-0.15, -0.1) is 0 Å². The number of hydrogen-bond donors (Lipinski definition) is 0. The summed E-state index contributed by atoms with van der Waals surface area (Å²) in [5.41, 5.74) is 0.881. The van der Waals surface area contributed by atoms with Crippen molar-refractivity contribution in [2.45, 2.75) is 20.0 Å². The molecule has 0 aliphatic rings. The summed E-state index contributed by atoms with van der Waals surface area (Å²) in [5.74, 6) is -0.0375. The number of halogens is 3. The Hall–Kier alpha value is -0.970. The fourth-order valence-electron chi connectivity index (χ4n) is 1.36. The van der Waals surface area contributed by atoms with Gasteiger partial charge in [0.25, 0.3) is 0 Å². The summed E-state index contributed by atoms with van der Waals surface area (Å²) in [6.45, 7) is -1.28. The second-order valence-electron chi connectivity index (χ2n) is 3.17. The van der Waals surface area contributed by atoms with Crippen LogP contribution in [-0.2, 0) is 0 Å². The van der Waals surface area contributed by atoms with Crippen LogP contribution in [0.15, 0.2) is 18.2 Å². The molecule has 2 nitrogen and oxygen atoms in total. The van der Waals surface area contributed by atoms with Gasteiger partial charge in [0.2, 0.25) is 0 Å². The predicted octanol–water partition coefficient (Wildman–Crippen LogP) is 3.56. The molecule has 0 aliphatic heterocycles. The topological polar surface area (TPSA) is 26.3 Å². The van der Waals surface area contributed by atoms with Gasteiger partial charge in [-0.3, -0.25) is 4.79 Å². The average molecular weight is 293 g/mol. The highest BCUT2D eigenvalue weighted by molar-refractivity contribution is 9.09. The smallest absolute Gasteiger partial charge is 0.387 e. The van der Waals surface area contributed by atoms with Crippen LogP contribution in [0.4, 0.5) is 8.78 Å². The third-order valence-corrected chi connectivity index (χ3v) is 2.52. The molecule has 1 aromatic carbocycles. The summed E-state index contributed by atoms with van der Waals surface area (Å²) in [4.78, 5) is 11.6. The zero-order chi connectivity index (χ0) is 12.1. The Labute approximate surface area is 101 Å². The summed E-state index contributed by atoms with van der Waals surface area (Å²) in [6.07, 6.45) is 0.332. The second-order valence-corrected chi connectivity index (χ2v) is 3.96. The van der Waals surface area contributed by atoms with E-state index in [9.17, 15) is 13.6 Å². The van der Waals surface area contributed by atoms with Crippen LogP contribution in [0.5, 0.6) is 5.75 Å². The van der Waals surface area contributed by atoms with E-state index in [1.54, 1.807) is 13.0 Å². The highest BCUT2D eigenvalue weighted by Gasteiger charge is 2.14. The summed E-state index contributed by atoms with van der Waals surface area (Å²) in [7, 11) is 0. The van der Waals surface area contributed by atoms with Crippen LogP contribution in [0.3, 0.4) is 0 Å². The van der Waals surface area contributed by atoms with Gasteiger partial charge in [-0.25, -0.2) is 0 Å². The Morgan fingerprint density at radius 2 is 2.19 bits per heavy atom. The number of ketones is 1. The third kappa shape index (κ3) is 3.27. The highest BCUT2D eigenvalue weighted by atomic mass is 79.9. The predicted molar refractivity (Wildman–Crippen MR) is 60.6 cm³/mol. The SMILES string of the molecule is Cc1c(OC(F)F)cccc1C(=O)CCBr. The number of benzene rings is 1. The van der Waals surface area contributed by atoms with Crippen molar-refractivity contribution in [1.29, 1.82) is 0 Å². The van der Waals surface area contributed by atoms with E-state index in [0.29, 0.717) is 22.9 Å². The molecule has 0 radical (unpaired) electrons. The Kier molecular flexibility index (Phi) is 4.86. The van der Waals surface area contributed by atoms with Crippen molar-refractivity contribution in [2.24, 2.45) is 0 Å². The maximum atomic E-state index is 12.1. The molecule has 0 fully saturated rings. The van der Waals surface area contributed by atoms with Gasteiger partial charge in [-0.2, -0.15) is 8.78 Å². The van der Waals surface area contributed by atoms with E-state index in [-0.39, 0.29) is 11.5 Å². The molecule has 0 N–H and O–H groups in total. The molecular weight excluding hydrogens is 282 g/mol. The second kappa shape index (κ2) is 5.94. The number of Topliss-reactive ketones (excluding diaryl/α,β-unsaturated/α-hetero) is 1. The molecule has 1 aromatic rings. The van der Waals surface area contributed by atoms with Crippen LogP contribution in [0.25, 0.3) is 0 Å². The molecule has 0 aromatic heterocycles. The summed E-state index contributed by atoms with van der Waals surface area (Å²) >= 11 is 3.16. The zero-order valence-electron chi connectivity index (χ0n) is 8.67. The van der Waals surface area contributed by atoms with Gasteiger partial charge in [-0.05, 0) is 13.0 Å².